The quantitative estimate of drug-likeness (QED) is 0.236. The topological polar surface area (TPSA) is 76.3 Å². The number of nitrogens with zero attached hydrogens (tertiary/aromatic N) is 3. The molecule has 0 radical (unpaired) electrons. The normalized spacial score (nSPS) is 11.4. The van der Waals surface area contributed by atoms with Crippen LogP contribution in [-0.2, 0) is 6.54 Å². The average molecular weight is 410 g/mol. The predicted molar refractivity (Wildman–Crippen MR) is 93.0 cm³/mol. The summed E-state index contributed by atoms with van der Waals surface area (Å²) in [6.45, 7) is 1.80. The number of hydrogen-bond acceptors (Lipinski definition) is 4. The summed E-state index contributed by atoms with van der Waals surface area (Å²) in [7, 11) is 0. The minimum absolute atomic E-state index is 0.164. The number of carbonyl (C=O) groups excluding carboxylic acids is 1. The molecule has 0 unspecified atom stereocenters. The van der Waals surface area contributed by atoms with E-state index >= 15 is 0 Å². The van der Waals surface area contributed by atoms with Crippen molar-refractivity contribution in [2.45, 2.75) is 13.5 Å². The van der Waals surface area contributed by atoms with Crippen LogP contribution < -0.4 is 11.0 Å². The smallest absolute Gasteiger partial charge is 0.267 e. The number of hydrazone groups is 1. The molecule has 29 heavy (non-hydrogen) atoms. The van der Waals surface area contributed by atoms with E-state index in [1.807, 2.05) is 5.43 Å². The third kappa shape index (κ3) is 3.46. The zero-order valence-corrected chi connectivity index (χ0v) is 14.6. The number of amides is 1. The summed E-state index contributed by atoms with van der Waals surface area (Å²) in [4.78, 5) is 24.6. The standard InChI is InChI=1S/C18H11F5N4O2/c1-2-27-18(29)9-6-4-3-5-8(9)16(26-27)17(28)25-24-7-10-11(19)13(21)15(23)14(22)12(10)20/h3-7H,2H2,1H3,(H,25,28)/b24-7+. The molecule has 1 amide bonds. The zero-order valence-electron chi connectivity index (χ0n) is 14.6. The number of fused-ring (bicyclic) bond motifs is 1. The first-order valence-corrected chi connectivity index (χ1v) is 8.12. The van der Waals surface area contributed by atoms with E-state index in [0.717, 1.165) is 4.68 Å². The van der Waals surface area contributed by atoms with E-state index in [-0.39, 0.29) is 29.2 Å². The van der Waals surface area contributed by atoms with Crippen molar-refractivity contribution in [3.05, 3.63) is 75.0 Å². The molecule has 0 aliphatic rings. The molecule has 1 N–H and O–H groups in total. The molecule has 0 spiro atoms. The van der Waals surface area contributed by atoms with Gasteiger partial charge in [0.25, 0.3) is 11.5 Å². The molecular weight excluding hydrogens is 399 g/mol. The molecule has 150 valence electrons. The summed E-state index contributed by atoms with van der Waals surface area (Å²) in [5.74, 6) is -11.7. The second-order valence-corrected chi connectivity index (χ2v) is 5.70. The first-order chi connectivity index (χ1) is 13.8. The highest BCUT2D eigenvalue weighted by molar-refractivity contribution is 6.04. The molecule has 1 heterocycles. The van der Waals surface area contributed by atoms with E-state index in [1.54, 1.807) is 19.1 Å². The van der Waals surface area contributed by atoms with Crippen molar-refractivity contribution < 1.29 is 26.7 Å². The molecule has 0 atom stereocenters. The van der Waals surface area contributed by atoms with Gasteiger partial charge in [-0.05, 0) is 13.0 Å². The summed E-state index contributed by atoms with van der Waals surface area (Å²) >= 11 is 0. The summed E-state index contributed by atoms with van der Waals surface area (Å²) in [5.41, 5.74) is -0.0601. The third-order valence-electron chi connectivity index (χ3n) is 3.99. The van der Waals surface area contributed by atoms with E-state index in [9.17, 15) is 31.5 Å². The second kappa shape index (κ2) is 7.78. The lowest BCUT2D eigenvalue weighted by atomic mass is 10.1. The Morgan fingerprint density at radius 2 is 1.59 bits per heavy atom. The SMILES string of the molecule is CCn1nc(C(=O)N/N=C/c2c(F)c(F)c(F)c(F)c2F)c2ccccc2c1=O. The van der Waals surface area contributed by atoms with E-state index < -0.39 is 46.1 Å². The predicted octanol–water partition coefficient (Wildman–Crippen LogP) is 2.88. The second-order valence-electron chi connectivity index (χ2n) is 5.70. The van der Waals surface area contributed by atoms with Crippen LogP contribution in [0.15, 0.2) is 34.2 Å². The van der Waals surface area contributed by atoms with Crippen molar-refractivity contribution >= 4 is 22.9 Å². The molecule has 0 saturated carbocycles. The number of hydrogen-bond donors (Lipinski definition) is 1. The van der Waals surface area contributed by atoms with Crippen LogP contribution in [0.2, 0.25) is 0 Å². The molecule has 11 heteroatoms. The third-order valence-corrected chi connectivity index (χ3v) is 3.99. The number of nitrogens with one attached hydrogen (secondary N) is 1. The van der Waals surface area contributed by atoms with Gasteiger partial charge < -0.3 is 0 Å². The van der Waals surface area contributed by atoms with Crippen LogP contribution in [-0.4, -0.2) is 21.9 Å². The van der Waals surface area contributed by atoms with Gasteiger partial charge in [0.1, 0.15) is 0 Å². The first-order valence-electron chi connectivity index (χ1n) is 8.12. The maximum Gasteiger partial charge on any atom is 0.292 e. The maximum atomic E-state index is 13.6. The average Bonchev–Trinajstić information content (AvgIpc) is 2.73. The van der Waals surface area contributed by atoms with Crippen LogP contribution >= 0.6 is 0 Å². The van der Waals surface area contributed by atoms with Crippen molar-refractivity contribution in [2.24, 2.45) is 5.10 Å². The van der Waals surface area contributed by atoms with Gasteiger partial charge >= 0.3 is 0 Å². The lowest BCUT2D eigenvalue weighted by Gasteiger charge is -2.08. The van der Waals surface area contributed by atoms with Crippen molar-refractivity contribution in [1.82, 2.24) is 15.2 Å². The Hall–Kier alpha value is -3.63. The van der Waals surface area contributed by atoms with Gasteiger partial charge in [-0.3, -0.25) is 9.59 Å². The minimum Gasteiger partial charge on any atom is -0.267 e. The van der Waals surface area contributed by atoms with Gasteiger partial charge in [0.15, 0.2) is 29.0 Å². The Morgan fingerprint density at radius 1 is 1.03 bits per heavy atom. The molecule has 3 rings (SSSR count). The van der Waals surface area contributed by atoms with Gasteiger partial charge in [0, 0.05) is 11.9 Å². The van der Waals surface area contributed by atoms with E-state index in [0.29, 0.717) is 0 Å². The molecule has 2 aromatic carbocycles. The molecule has 0 bridgehead atoms. The summed E-state index contributed by atoms with van der Waals surface area (Å²) < 4.78 is 67.7. The van der Waals surface area contributed by atoms with Crippen LogP contribution in [0.1, 0.15) is 23.0 Å². The summed E-state index contributed by atoms with van der Waals surface area (Å²) in [6, 6.07) is 6.11. The molecule has 0 fully saturated rings. The van der Waals surface area contributed by atoms with Crippen molar-refractivity contribution in [1.29, 1.82) is 0 Å². The lowest BCUT2D eigenvalue weighted by molar-refractivity contribution is 0.0949. The Morgan fingerprint density at radius 3 is 2.17 bits per heavy atom. The van der Waals surface area contributed by atoms with Crippen LogP contribution in [0.25, 0.3) is 10.8 Å². The number of aryl methyl sites for hydroxylation is 1. The number of halogens is 5. The van der Waals surface area contributed by atoms with Gasteiger partial charge in [0.2, 0.25) is 5.82 Å². The Labute approximate surface area is 159 Å². The molecule has 1 aromatic heterocycles. The van der Waals surface area contributed by atoms with Gasteiger partial charge in [-0.15, -0.1) is 0 Å². The number of benzene rings is 2. The van der Waals surface area contributed by atoms with Gasteiger partial charge in [-0.25, -0.2) is 32.1 Å². The van der Waals surface area contributed by atoms with Crippen molar-refractivity contribution in [3.8, 4) is 0 Å². The van der Waals surface area contributed by atoms with Crippen LogP contribution in [0, 0.1) is 29.1 Å². The van der Waals surface area contributed by atoms with Crippen molar-refractivity contribution in [3.63, 3.8) is 0 Å². The van der Waals surface area contributed by atoms with Gasteiger partial charge in [0.05, 0.1) is 17.2 Å². The largest absolute Gasteiger partial charge is 0.292 e. The number of aromatic nitrogens is 2. The van der Waals surface area contributed by atoms with Crippen LogP contribution in [0.4, 0.5) is 22.0 Å². The Balaban J connectivity index is 1.97. The van der Waals surface area contributed by atoms with Gasteiger partial charge in [-0.1, -0.05) is 18.2 Å². The highest BCUT2D eigenvalue weighted by atomic mass is 19.2. The number of carbonyl (C=O) groups is 1. The summed E-state index contributed by atoms with van der Waals surface area (Å²) in [5, 5.41) is 7.58. The fourth-order valence-electron chi connectivity index (χ4n) is 2.56. The highest BCUT2D eigenvalue weighted by Crippen LogP contribution is 2.21. The molecule has 3 aromatic rings. The van der Waals surface area contributed by atoms with E-state index in [1.165, 1.54) is 12.1 Å². The Kier molecular flexibility index (Phi) is 5.39. The molecule has 0 aliphatic heterocycles. The Bertz CT molecular complexity index is 1190. The molecule has 6 nitrogen and oxygen atoms in total. The molecule has 0 saturated heterocycles. The fourth-order valence-corrected chi connectivity index (χ4v) is 2.56. The molecular formula is C18H11F5N4O2. The maximum absolute atomic E-state index is 13.6. The van der Waals surface area contributed by atoms with Crippen LogP contribution in [0.5, 0.6) is 0 Å². The number of rotatable bonds is 4. The van der Waals surface area contributed by atoms with Crippen molar-refractivity contribution in [2.75, 3.05) is 0 Å². The van der Waals surface area contributed by atoms with E-state index in [4.69, 9.17) is 0 Å². The molecule has 0 aliphatic carbocycles. The van der Waals surface area contributed by atoms with E-state index in [2.05, 4.69) is 10.2 Å². The highest BCUT2D eigenvalue weighted by Gasteiger charge is 2.24. The summed E-state index contributed by atoms with van der Waals surface area (Å²) in [6.07, 6.45) is 0.284. The minimum atomic E-state index is -2.31. The fraction of sp³-hybridized carbons (Fsp3) is 0.111. The monoisotopic (exact) mass is 410 g/mol. The zero-order chi connectivity index (χ0) is 21.3. The first kappa shape index (κ1) is 20.1. The van der Waals surface area contributed by atoms with Crippen LogP contribution in [0.3, 0.4) is 0 Å². The lowest BCUT2D eigenvalue weighted by Crippen LogP contribution is -2.28. The van der Waals surface area contributed by atoms with Gasteiger partial charge in [-0.2, -0.15) is 10.2 Å².